The highest BCUT2D eigenvalue weighted by atomic mass is 32.2. The number of methoxy groups -OCH3 is 1. The highest BCUT2D eigenvalue weighted by Gasteiger charge is 2.16. The second kappa shape index (κ2) is 10.5. The zero-order valence-corrected chi connectivity index (χ0v) is 17.7. The zero-order chi connectivity index (χ0) is 21.3. The zero-order valence-electron chi connectivity index (χ0n) is 16.9. The Labute approximate surface area is 180 Å². The standard InChI is InChI=1S/C24H24N2O3S/c1-17(18-8-4-3-5-9-18)25-24(28)21-10-6-7-11-22(21)26-23(27)16-30-20-14-12-19(29-2)13-15-20/h3-15,17H,16H2,1-2H3,(H,25,28)(H,26,27). The molecule has 6 heteroatoms. The Hall–Kier alpha value is -3.25. The molecule has 0 spiro atoms. The summed E-state index contributed by atoms with van der Waals surface area (Å²) in [4.78, 5) is 26.2. The summed E-state index contributed by atoms with van der Waals surface area (Å²) in [7, 11) is 1.61. The molecule has 2 amide bonds. The SMILES string of the molecule is COc1ccc(SCC(=O)Nc2ccccc2C(=O)NC(C)c2ccccc2)cc1. The van der Waals surface area contributed by atoms with Gasteiger partial charge in [0, 0.05) is 4.90 Å². The molecule has 30 heavy (non-hydrogen) atoms. The lowest BCUT2D eigenvalue weighted by atomic mass is 10.1. The first kappa shape index (κ1) is 21.5. The van der Waals surface area contributed by atoms with Gasteiger partial charge in [-0.25, -0.2) is 0 Å². The van der Waals surface area contributed by atoms with Gasteiger partial charge in [-0.15, -0.1) is 11.8 Å². The van der Waals surface area contributed by atoms with E-state index in [2.05, 4.69) is 10.6 Å². The van der Waals surface area contributed by atoms with E-state index in [1.165, 1.54) is 11.8 Å². The molecule has 2 N–H and O–H groups in total. The van der Waals surface area contributed by atoms with Crippen LogP contribution in [0.5, 0.6) is 5.75 Å². The summed E-state index contributed by atoms with van der Waals surface area (Å²) in [6, 6.07) is 24.1. The summed E-state index contributed by atoms with van der Waals surface area (Å²) in [5, 5.41) is 5.84. The predicted molar refractivity (Wildman–Crippen MR) is 121 cm³/mol. The second-order valence-electron chi connectivity index (χ2n) is 6.66. The summed E-state index contributed by atoms with van der Waals surface area (Å²) >= 11 is 1.42. The van der Waals surface area contributed by atoms with Gasteiger partial charge in [0.2, 0.25) is 5.91 Å². The van der Waals surface area contributed by atoms with Crippen molar-refractivity contribution in [3.8, 4) is 5.75 Å². The van der Waals surface area contributed by atoms with Gasteiger partial charge >= 0.3 is 0 Å². The summed E-state index contributed by atoms with van der Waals surface area (Å²) in [6.45, 7) is 1.93. The monoisotopic (exact) mass is 420 g/mol. The van der Waals surface area contributed by atoms with E-state index in [0.717, 1.165) is 16.2 Å². The number of carbonyl (C=O) groups excluding carboxylic acids is 2. The van der Waals surface area contributed by atoms with Crippen LogP contribution >= 0.6 is 11.8 Å². The first-order valence-electron chi connectivity index (χ1n) is 9.58. The summed E-state index contributed by atoms with van der Waals surface area (Å²) in [5.41, 5.74) is 1.95. The number of hydrogen-bond acceptors (Lipinski definition) is 4. The molecule has 0 aliphatic heterocycles. The molecule has 0 heterocycles. The molecule has 0 bridgehead atoms. The van der Waals surface area contributed by atoms with Gasteiger partial charge in [0.05, 0.1) is 30.2 Å². The molecule has 0 aromatic heterocycles. The maximum absolute atomic E-state index is 12.8. The normalized spacial score (nSPS) is 11.4. The van der Waals surface area contributed by atoms with Crippen LogP contribution in [0.25, 0.3) is 0 Å². The smallest absolute Gasteiger partial charge is 0.253 e. The predicted octanol–water partition coefficient (Wildman–Crippen LogP) is 4.92. The Morgan fingerprint density at radius 2 is 1.60 bits per heavy atom. The van der Waals surface area contributed by atoms with Gasteiger partial charge in [0.15, 0.2) is 0 Å². The van der Waals surface area contributed by atoms with Crippen LogP contribution in [0.3, 0.4) is 0 Å². The number of benzene rings is 3. The molecule has 0 saturated carbocycles. The highest BCUT2D eigenvalue weighted by molar-refractivity contribution is 8.00. The van der Waals surface area contributed by atoms with Crippen LogP contribution in [-0.2, 0) is 4.79 Å². The van der Waals surface area contributed by atoms with Crippen molar-refractivity contribution in [2.24, 2.45) is 0 Å². The van der Waals surface area contributed by atoms with Crippen molar-refractivity contribution in [3.63, 3.8) is 0 Å². The maximum atomic E-state index is 12.8. The molecular formula is C24H24N2O3S. The lowest BCUT2D eigenvalue weighted by Crippen LogP contribution is -2.28. The van der Waals surface area contributed by atoms with E-state index in [0.29, 0.717) is 11.3 Å². The maximum Gasteiger partial charge on any atom is 0.253 e. The fourth-order valence-electron chi connectivity index (χ4n) is 2.90. The number of thioether (sulfide) groups is 1. The van der Waals surface area contributed by atoms with Crippen LogP contribution in [0.4, 0.5) is 5.69 Å². The lowest BCUT2D eigenvalue weighted by molar-refractivity contribution is -0.113. The van der Waals surface area contributed by atoms with Crippen molar-refractivity contribution in [3.05, 3.63) is 90.0 Å². The number of hydrogen-bond donors (Lipinski definition) is 2. The van der Waals surface area contributed by atoms with Gasteiger partial charge < -0.3 is 15.4 Å². The molecule has 3 aromatic rings. The Balaban J connectivity index is 1.61. The first-order valence-corrected chi connectivity index (χ1v) is 10.6. The van der Waals surface area contributed by atoms with Crippen molar-refractivity contribution in [1.29, 1.82) is 0 Å². The van der Waals surface area contributed by atoms with Crippen molar-refractivity contribution in [2.45, 2.75) is 17.9 Å². The minimum Gasteiger partial charge on any atom is -0.497 e. The third-order valence-electron chi connectivity index (χ3n) is 4.52. The molecule has 154 valence electrons. The van der Waals surface area contributed by atoms with Gasteiger partial charge in [-0.3, -0.25) is 9.59 Å². The molecule has 0 aliphatic rings. The minimum absolute atomic E-state index is 0.145. The largest absolute Gasteiger partial charge is 0.497 e. The molecule has 0 aliphatic carbocycles. The molecular weight excluding hydrogens is 396 g/mol. The summed E-state index contributed by atoms with van der Waals surface area (Å²) in [6.07, 6.45) is 0. The van der Waals surface area contributed by atoms with E-state index < -0.39 is 0 Å². The molecule has 5 nitrogen and oxygen atoms in total. The van der Waals surface area contributed by atoms with Crippen LogP contribution in [0.1, 0.15) is 28.9 Å². The van der Waals surface area contributed by atoms with Gasteiger partial charge in [-0.1, -0.05) is 42.5 Å². The van der Waals surface area contributed by atoms with Crippen molar-refractivity contribution < 1.29 is 14.3 Å². The Morgan fingerprint density at radius 1 is 0.933 bits per heavy atom. The summed E-state index contributed by atoms with van der Waals surface area (Å²) in [5.74, 6) is 0.605. The summed E-state index contributed by atoms with van der Waals surface area (Å²) < 4.78 is 5.14. The van der Waals surface area contributed by atoms with Crippen LogP contribution in [-0.4, -0.2) is 24.7 Å². The fraction of sp³-hybridized carbons (Fsp3) is 0.167. The van der Waals surface area contributed by atoms with Crippen LogP contribution in [0.15, 0.2) is 83.8 Å². The fourth-order valence-corrected chi connectivity index (χ4v) is 3.60. The number of carbonyl (C=O) groups is 2. The number of nitrogens with one attached hydrogen (secondary N) is 2. The van der Waals surface area contributed by atoms with Gasteiger partial charge in [-0.2, -0.15) is 0 Å². The first-order chi connectivity index (χ1) is 14.6. The molecule has 1 atom stereocenters. The number of para-hydroxylation sites is 1. The quantitative estimate of drug-likeness (QED) is 0.508. The topological polar surface area (TPSA) is 67.4 Å². The van der Waals surface area contributed by atoms with Crippen molar-refractivity contribution in [2.75, 3.05) is 18.2 Å². The molecule has 3 aromatic carbocycles. The van der Waals surface area contributed by atoms with Crippen LogP contribution in [0, 0.1) is 0 Å². The van der Waals surface area contributed by atoms with Crippen LogP contribution in [0.2, 0.25) is 0 Å². The molecule has 0 saturated heterocycles. The van der Waals surface area contributed by atoms with E-state index in [1.54, 1.807) is 31.4 Å². The molecule has 0 fully saturated rings. The Morgan fingerprint density at radius 3 is 2.30 bits per heavy atom. The third kappa shape index (κ3) is 5.87. The van der Waals surface area contributed by atoms with E-state index in [1.807, 2.05) is 61.5 Å². The average molecular weight is 421 g/mol. The highest BCUT2D eigenvalue weighted by Crippen LogP contribution is 2.22. The Kier molecular flexibility index (Phi) is 7.51. The number of rotatable bonds is 8. The molecule has 3 rings (SSSR count). The van der Waals surface area contributed by atoms with Crippen LogP contribution < -0.4 is 15.4 Å². The van der Waals surface area contributed by atoms with E-state index >= 15 is 0 Å². The number of anilines is 1. The number of amides is 2. The van der Waals surface area contributed by atoms with Crippen molar-refractivity contribution in [1.82, 2.24) is 5.32 Å². The van der Waals surface area contributed by atoms with Gasteiger partial charge in [0.25, 0.3) is 5.91 Å². The minimum atomic E-state index is -0.231. The third-order valence-corrected chi connectivity index (χ3v) is 5.53. The average Bonchev–Trinajstić information content (AvgIpc) is 2.79. The van der Waals surface area contributed by atoms with Gasteiger partial charge in [0.1, 0.15) is 5.75 Å². The van der Waals surface area contributed by atoms with E-state index in [9.17, 15) is 9.59 Å². The lowest BCUT2D eigenvalue weighted by Gasteiger charge is -2.16. The molecule has 1 unspecified atom stereocenters. The van der Waals surface area contributed by atoms with Crippen molar-refractivity contribution >= 4 is 29.3 Å². The number of ether oxygens (including phenoxy) is 1. The molecule has 0 radical (unpaired) electrons. The van der Waals surface area contributed by atoms with E-state index in [4.69, 9.17) is 4.74 Å². The Bertz CT molecular complexity index is 991. The van der Waals surface area contributed by atoms with E-state index in [-0.39, 0.29) is 23.6 Å². The van der Waals surface area contributed by atoms with Gasteiger partial charge in [-0.05, 0) is 48.9 Å². The second-order valence-corrected chi connectivity index (χ2v) is 7.71.